The van der Waals surface area contributed by atoms with Gasteiger partial charge < -0.3 is 16.0 Å². The highest BCUT2D eigenvalue weighted by atomic mass is 19.1. The van der Waals surface area contributed by atoms with Crippen LogP contribution in [0.25, 0.3) is 10.9 Å². The largest absolute Gasteiger partial charge is 0.399 e. The standard InChI is InChI=1S/C16H14FN3O/c1-9-3-2-4-12(17)15(9)20-16(21)14-8-10-7-11(18)5-6-13(10)19-14/h2-8,19H,18H2,1H3,(H,20,21). The van der Waals surface area contributed by atoms with Crippen LogP contribution in [0, 0.1) is 12.7 Å². The van der Waals surface area contributed by atoms with E-state index >= 15 is 0 Å². The molecule has 4 N–H and O–H groups in total. The molecule has 0 aliphatic rings. The molecule has 1 aromatic heterocycles. The van der Waals surface area contributed by atoms with Gasteiger partial charge in [-0.3, -0.25) is 4.79 Å². The number of aryl methyl sites for hydroxylation is 1. The van der Waals surface area contributed by atoms with Gasteiger partial charge in [-0.2, -0.15) is 0 Å². The van der Waals surface area contributed by atoms with Gasteiger partial charge in [-0.25, -0.2) is 4.39 Å². The topological polar surface area (TPSA) is 70.9 Å². The number of carbonyl (C=O) groups is 1. The zero-order valence-electron chi connectivity index (χ0n) is 11.4. The second-order valence-electron chi connectivity index (χ2n) is 4.92. The highest BCUT2D eigenvalue weighted by Crippen LogP contribution is 2.22. The Morgan fingerprint density at radius 3 is 2.81 bits per heavy atom. The Bertz CT molecular complexity index is 818. The first-order valence-electron chi connectivity index (χ1n) is 6.49. The second-order valence-corrected chi connectivity index (χ2v) is 4.92. The molecule has 21 heavy (non-hydrogen) atoms. The minimum absolute atomic E-state index is 0.195. The summed E-state index contributed by atoms with van der Waals surface area (Å²) in [6.45, 7) is 1.74. The van der Waals surface area contributed by atoms with Crippen LogP contribution in [-0.4, -0.2) is 10.9 Å². The maximum atomic E-state index is 13.7. The fourth-order valence-corrected chi connectivity index (χ4v) is 2.24. The number of aromatic nitrogens is 1. The Balaban J connectivity index is 1.94. The molecule has 0 bridgehead atoms. The first-order valence-corrected chi connectivity index (χ1v) is 6.49. The van der Waals surface area contributed by atoms with E-state index in [-0.39, 0.29) is 5.69 Å². The van der Waals surface area contributed by atoms with Crippen molar-refractivity contribution in [3.05, 3.63) is 59.5 Å². The molecule has 0 radical (unpaired) electrons. The van der Waals surface area contributed by atoms with Crippen molar-refractivity contribution in [2.75, 3.05) is 11.1 Å². The van der Waals surface area contributed by atoms with E-state index in [4.69, 9.17) is 5.73 Å². The maximum absolute atomic E-state index is 13.7. The Kier molecular flexibility index (Phi) is 3.10. The van der Waals surface area contributed by atoms with Gasteiger partial charge in [-0.05, 0) is 42.8 Å². The number of anilines is 2. The molecule has 106 valence electrons. The molecule has 0 atom stereocenters. The normalized spacial score (nSPS) is 10.8. The van der Waals surface area contributed by atoms with Gasteiger partial charge in [0.25, 0.3) is 5.91 Å². The number of fused-ring (bicyclic) bond motifs is 1. The lowest BCUT2D eigenvalue weighted by Crippen LogP contribution is -2.14. The van der Waals surface area contributed by atoms with E-state index in [1.807, 2.05) is 0 Å². The van der Waals surface area contributed by atoms with Crippen molar-refractivity contribution in [1.82, 2.24) is 4.98 Å². The summed E-state index contributed by atoms with van der Waals surface area (Å²) in [6, 6.07) is 11.7. The van der Waals surface area contributed by atoms with Crippen molar-refractivity contribution in [2.24, 2.45) is 0 Å². The molecule has 0 spiro atoms. The predicted octanol–water partition coefficient (Wildman–Crippen LogP) is 3.45. The molecule has 4 nitrogen and oxygen atoms in total. The summed E-state index contributed by atoms with van der Waals surface area (Å²) in [5.74, 6) is -0.846. The molecule has 0 saturated carbocycles. The number of amides is 1. The Morgan fingerprint density at radius 2 is 2.05 bits per heavy atom. The molecule has 0 aliphatic carbocycles. The number of hydrogen-bond donors (Lipinski definition) is 3. The van der Waals surface area contributed by atoms with Crippen molar-refractivity contribution >= 4 is 28.2 Å². The molecule has 0 aliphatic heterocycles. The van der Waals surface area contributed by atoms with Crippen LogP contribution < -0.4 is 11.1 Å². The molecular weight excluding hydrogens is 269 g/mol. The Hall–Kier alpha value is -2.82. The van der Waals surface area contributed by atoms with Gasteiger partial charge in [0, 0.05) is 16.6 Å². The number of nitrogen functional groups attached to an aromatic ring is 1. The number of hydrogen-bond acceptors (Lipinski definition) is 2. The Labute approximate surface area is 120 Å². The smallest absolute Gasteiger partial charge is 0.272 e. The highest BCUT2D eigenvalue weighted by molar-refractivity contribution is 6.06. The highest BCUT2D eigenvalue weighted by Gasteiger charge is 2.13. The van der Waals surface area contributed by atoms with Gasteiger partial charge in [0.15, 0.2) is 0 Å². The zero-order valence-corrected chi connectivity index (χ0v) is 11.4. The number of aromatic amines is 1. The van der Waals surface area contributed by atoms with Crippen molar-refractivity contribution in [1.29, 1.82) is 0 Å². The number of nitrogens with one attached hydrogen (secondary N) is 2. The SMILES string of the molecule is Cc1cccc(F)c1NC(=O)c1cc2cc(N)ccc2[nH]1. The summed E-state index contributed by atoms with van der Waals surface area (Å²) in [6.07, 6.45) is 0. The third-order valence-electron chi connectivity index (χ3n) is 3.35. The molecule has 3 aromatic rings. The minimum atomic E-state index is -0.455. The molecule has 2 aromatic carbocycles. The number of benzene rings is 2. The summed E-state index contributed by atoms with van der Waals surface area (Å²) in [5.41, 5.74) is 8.36. The zero-order chi connectivity index (χ0) is 15.0. The monoisotopic (exact) mass is 283 g/mol. The first kappa shape index (κ1) is 13.2. The third-order valence-corrected chi connectivity index (χ3v) is 3.35. The van der Waals surface area contributed by atoms with E-state index in [0.717, 1.165) is 10.9 Å². The number of carbonyl (C=O) groups excluding carboxylic acids is 1. The van der Waals surface area contributed by atoms with Crippen molar-refractivity contribution in [3.63, 3.8) is 0 Å². The van der Waals surface area contributed by atoms with Crippen LogP contribution >= 0.6 is 0 Å². The van der Waals surface area contributed by atoms with E-state index in [2.05, 4.69) is 10.3 Å². The molecule has 0 unspecified atom stereocenters. The molecule has 0 fully saturated rings. The molecule has 1 amide bonds. The molecule has 3 rings (SSSR count). The van der Waals surface area contributed by atoms with Gasteiger partial charge in [-0.1, -0.05) is 12.1 Å². The number of rotatable bonds is 2. The molecule has 1 heterocycles. The average Bonchev–Trinajstić information content (AvgIpc) is 2.86. The van der Waals surface area contributed by atoms with Crippen LogP contribution in [0.3, 0.4) is 0 Å². The van der Waals surface area contributed by atoms with Gasteiger partial charge in [0.2, 0.25) is 0 Å². The van der Waals surface area contributed by atoms with Crippen LogP contribution in [0.15, 0.2) is 42.5 Å². The number of halogens is 1. The fourth-order valence-electron chi connectivity index (χ4n) is 2.24. The van der Waals surface area contributed by atoms with Crippen LogP contribution in [0.1, 0.15) is 16.1 Å². The number of nitrogens with two attached hydrogens (primary N) is 1. The summed E-state index contributed by atoms with van der Waals surface area (Å²) in [4.78, 5) is 15.2. The summed E-state index contributed by atoms with van der Waals surface area (Å²) in [5, 5.41) is 3.43. The molecular formula is C16H14FN3O. The van der Waals surface area contributed by atoms with E-state index in [1.165, 1.54) is 6.07 Å². The van der Waals surface area contributed by atoms with Crippen molar-refractivity contribution in [3.8, 4) is 0 Å². The lowest BCUT2D eigenvalue weighted by molar-refractivity contribution is 0.102. The molecule has 5 heteroatoms. The van der Waals surface area contributed by atoms with Crippen LogP contribution in [0.5, 0.6) is 0 Å². The number of para-hydroxylation sites is 1. The van der Waals surface area contributed by atoms with Gasteiger partial charge in [0.05, 0.1) is 5.69 Å². The minimum Gasteiger partial charge on any atom is -0.399 e. The second kappa shape index (κ2) is 4.94. The quantitative estimate of drug-likeness (QED) is 0.630. The van der Waals surface area contributed by atoms with Crippen LogP contribution in [0.4, 0.5) is 15.8 Å². The van der Waals surface area contributed by atoms with Crippen molar-refractivity contribution < 1.29 is 9.18 Å². The summed E-state index contributed by atoms with van der Waals surface area (Å²) >= 11 is 0. The third kappa shape index (κ3) is 2.45. The van der Waals surface area contributed by atoms with E-state index in [1.54, 1.807) is 43.3 Å². The lowest BCUT2D eigenvalue weighted by atomic mass is 10.2. The van der Waals surface area contributed by atoms with Gasteiger partial charge in [0.1, 0.15) is 11.5 Å². The fraction of sp³-hybridized carbons (Fsp3) is 0.0625. The number of H-pyrrole nitrogens is 1. The van der Waals surface area contributed by atoms with Crippen LogP contribution in [-0.2, 0) is 0 Å². The van der Waals surface area contributed by atoms with E-state index < -0.39 is 11.7 Å². The summed E-state index contributed by atoms with van der Waals surface area (Å²) in [7, 11) is 0. The lowest BCUT2D eigenvalue weighted by Gasteiger charge is -2.08. The predicted molar refractivity (Wildman–Crippen MR) is 81.8 cm³/mol. The van der Waals surface area contributed by atoms with E-state index in [9.17, 15) is 9.18 Å². The Morgan fingerprint density at radius 1 is 1.24 bits per heavy atom. The maximum Gasteiger partial charge on any atom is 0.272 e. The van der Waals surface area contributed by atoms with Gasteiger partial charge >= 0.3 is 0 Å². The van der Waals surface area contributed by atoms with Crippen LogP contribution in [0.2, 0.25) is 0 Å². The van der Waals surface area contributed by atoms with Gasteiger partial charge in [-0.15, -0.1) is 0 Å². The molecule has 0 saturated heterocycles. The summed E-state index contributed by atoms with van der Waals surface area (Å²) < 4.78 is 13.7. The van der Waals surface area contributed by atoms with E-state index in [0.29, 0.717) is 16.9 Å². The first-order chi connectivity index (χ1) is 10.0. The average molecular weight is 283 g/mol. The van der Waals surface area contributed by atoms with Crippen molar-refractivity contribution in [2.45, 2.75) is 6.92 Å².